The van der Waals surface area contributed by atoms with Crippen LogP contribution in [0.15, 0.2) is 6.33 Å². The van der Waals surface area contributed by atoms with Gasteiger partial charge in [-0.2, -0.15) is 18.3 Å². The molecule has 1 aromatic heterocycles. The van der Waals surface area contributed by atoms with Crippen LogP contribution in [0.3, 0.4) is 0 Å². The maximum absolute atomic E-state index is 13.4. The Kier molecular flexibility index (Phi) is 4.96. The molecular formula is C15H22F3N5O. The van der Waals surface area contributed by atoms with Crippen LogP contribution in [0.5, 0.6) is 0 Å². The molecule has 1 aromatic rings. The summed E-state index contributed by atoms with van der Waals surface area (Å²) in [5.74, 6) is -0.00301. The molecular weight excluding hydrogens is 323 g/mol. The Morgan fingerprint density at radius 1 is 1.25 bits per heavy atom. The molecule has 1 aliphatic carbocycles. The van der Waals surface area contributed by atoms with Crippen LogP contribution in [0.2, 0.25) is 0 Å². The summed E-state index contributed by atoms with van der Waals surface area (Å²) in [6, 6.07) is -2.78. The molecule has 24 heavy (non-hydrogen) atoms. The molecule has 2 aliphatic rings. The van der Waals surface area contributed by atoms with Crippen molar-refractivity contribution in [1.82, 2.24) is 25.4 Å². The normalized spacial score (nSPS) is 24.1. The topological polar surface area (TPSA) is 73.9 Å². The van der Waals surface area contributed by atoms with Crippen molar-refractivity contribution < 1.29 is 18.0 Å². The molecule has 2 amide bonds. The number of carbonyl (C=O) groups is 1. The first kappa shape index (κ1) is 17.0. The third kappa shape index (κ3) is 3.64. The van der Waals surface area contributed by atoms with Crippen LogP contribution in [-0.4, -0.2) is 44.9 Å². The van der Waals surface area contributed by atoms with Gasteiger partial charge in [-0.3, -0.25) is 5.10 Å². The van der Waals surface area contributed by atoms with Crippen LogP contribution in [0.1, 0.15) is 56.8 Å². The van der Waals surface area contributed by atoms with E-state index in [4.69, 9.17) is 0 Å². The SMILES string of the molecule is O=C(NC(C1CCCC1)C(F)(F)F)N1CCCCC1c1ncn[nH]1. The summed E-state index contributed by atoms with van der Waals surface area (Å²) in [7, 11) is 0. The number of aromatic nitrogens is 3. The van der Waals surface area contributed by atoms with Crippen molar-refractivity contribution >= 4 is 6.03 Å². The predicted molar refractivity (Wildman–Crippen MR) is 80.0 cm³/mol. The summed E-state index contributed by atoms with van der Waals surface area (Å²) in [5, 5.41) is 8.77. The minimum Gasteiger partial charge on any atom is -0.326 e. The quantitative estimate of drug-likeness (QED) is 0.884. The Morgan fingerprint density at radius 2 is 1.96 bits per heavy atom. The molecule has 2 N–H and O–H groups in total. The van der Waals surface area contributed by atoms with Crippen LogP contribution in [0, 0.1) is 5.92 Å². The van der Waals surface area contributed by atoms with Gasteiger partial charge in [0.25, 0.3) is 0 Å². The Bertz CT molecular complexity index is 542. The lowest BCUT2D eigenvalue weighted by atomic mass is 9.97. The summed E-state index contributed by atoms with van der Waals surface area (Å²) in [5.41, 5.74) is 0. The van der Waals surface area contributed by atoms with Crippen molar-refractivity contribution in [3.8, 4) is 0 Å². The number of carbonyl (C=O) groups excluding carboxylic acids is 1. The summed E-state index contributed by atoms with van der Waals surface area (Å²) >= 11 is 0. The molecule has 1 saturated heterocycles. The maximum atomic E-state index is 13.4. The lowest BCUT2D eigenvalue weighted by molar-refractivity contribution is -0.165. The number of amides is 2. The van der Waals surface area contributed by atoms with Gasteiger partial charge in [-0.1, -0.05) is 12.8 Å². The zero-order valence-electron chi connectivity index (χ0n) is 13.4. The monoisotopic (exact) mass is 345 g/mol. The van der Waals surface area contributed by atoms with E-state index in [1.54, 1.807) is 0 Å². The van der Waals surface area contributed by atoms with E-state index in [2.05, 4.69) is 20.5 Å². The number of rotatable bonds is 3. The number of alkyl halides is 3. The molecule has 6 nitrogen and oxygen atoms in total. The molecule has 2 atom stereocenters. The standard InChI is InChI=1S/C15H22F3N5O/c16-15(17,18)12(10-5-1-2-6-10)21-14(24)23-8-4-3-7-11(23)13-19-9-20-22-13/h9-12H,1-8H2,(H,21,24)(H,19,20,22). The second-order valence-corrected chi connectivity index (χ2v) is 6.59. The smallest absolute Gasteiger partial charge is 0.326 e. The minimum absolute atomic E-state index is 0.348. The van der Waals surface area contributed by atoms with Crippen LogP contribution < -0.4 is 5.32 Å². The van der Waals surface area contributed by atoms with E-state index in [0.717, 1.165) is 25.7 Å². The third-order valence-electron chi connectivity index (χ3n) is 5.02. The lowest BCUT2D eigenvalue weighted by Crippen LogP contribution is -2.55. The van der Waals surface area contributed by atoms with Gasteiger partial charge < -0.3 is 10.2 Å². The van der Waals surface area contributed by atoms with Crippen molar-refractivity contribution in [2.75, 3.05) is 6.54 Å². The Hall–Kier alpha value is -1.80. The molecule has 0 bridgehead atoms. The first-order valence-corrected chi connectivity index (χ1v) is 8.46. The van der Waals surface area contributed by atoms with E-state index in [1.807, 2.05) is 0 Å². The summed E-state index contributed by atoms with van der Waals surface area (Å²) in [6.45, 7) is 0.423. The van der Waals surface area contributed by atoms with Crippen molar-refractivity contribution in [1.29, 1.82) is 0 Å². The number of halogens is 3. The maximum Gasteiger partial charge on any atom is 0.408 e. The Balaban J connectivity index is 1.73. The summed E-state index contributed by atoms with van der Waals surface area (Å²) < 4.78 is 40.2. The molecule has 1 aliphatic heterocycles. The number of piperidine rings is 1. The average molecular weight is 345 g/mol. The first-order valence-electron chi connectivity index (χ1n) is 8.46. The van der Waals surface area contributed by atoms with E-state index in [1.165, 1.54) is 11.2 Å². The zero-order chi connectivity index (χ0) is 17.2. The number of hydrogen-bond acceptors (Lipinski definition) is 3. The van der Waals surface area contributed by atoms with Gasteiger partial charge >= 0.3 is 12.2 Å². The van der Waals surface area contributed by atoms with Gasteiger partial charge in [0.15, 0.2) is 0 Å². The highest BCUT2D eigenvalue weighted by molar-refractivity contribution is 5.75. The number of nitrogens with zero attached hydrogens (tertiary/aromatic N) is 3. The fraction of sp³-hybridized carbons (Fsp3) is 0.800. The Labute approximate surface area is 138 Å². The van der Waals surface area contributed by atoms with E-state index >= 15 is 0 Å². The second kappa shape index (κ2) is 6.98. The van der Waals surface area contributed by atoms with Gasteiger partial charge in [-0.25, -0.2) is 9.78 Å². The zero-order valence-corrected chi connectivity index (χ0v) is 13.4. The predicted octanol–water partition coefficient (Wildman–Crippen LogP) is 3.16. The minimum atomic E-state index is -4.43. The van der Waals surface area contributed by atoms with Gasteiger partial charge in [0.1, 0.15) is 18.2 Å². The van der Waals surface area contributed by atoms with Gasteiger partial charge in [-0.05, 0) is 38.0 Å². The number of aromatic amines is 1. The average Bonchev–Trinajstić information content (AvgIpc) is 3.24. The van der Waals surface area contributed by atoms with Crippen LogP contribution in [-0.2, 0) is 0 Å². The molecule has 2 unspecified atom stereocenters. The molecule has 3 rings (SSSR count). The summed E-state index contributed by atoms with van der Waals surface area (Å²) in [6.07, 6.45) is 1.86. The fourth-order valence-corrected chi connectivity index (χ4v) is 3.81. The third-order valence-corrected chi connectivity index (χ3v) is 5.02. The van der Waals surface area contributed by atoms with Gasteiger partial charge in [-0.15, -0.1) is 0 Å². The largest absolute Gasteiger partial charge is 0.408 e. The van der Waals surface area contributed by atoms with Gasteiger partial charge in [0, 0.05) is 6.54 Å². The van der Waals surface area contributed by atoms with Crippen molar-refractivity contribution in [3.05, 3.63) is 12.2 Å². The van der Waals surface area contributed by atoms with Crippen molar-refractivity contribution in [3.63, 3.8) is 0 Å². The van der Waals surface area contributed by atoms with Gasteiger partial charge in [0.05, 0.1) is 6.04 Å². The number of H-pyrrole nitrogens is 1. The number of likely N-dealkylation sites (tertiary alicyclic amines) is 1. The molecule has 9 heteroatoms. The van der Waals surface area contributed by atoms with E-state index < -0.39 is 24.2 Å². The van der Waals surface area contributed by atoms with E-state index in [9.17, 15) is 18.0 Å². The van der Waals surface area contributed by atoms with E-state index in [-0.39, 0.29) is 6.04 Å². The lowest BCUT2D eigenvalue weighted by Gasteiger charge is -2.36. The molecule has 0 aromatic carbocycles. The van der Waals surface area contributed by atoms with Gasteiger partial charge in [0.2, 0.25) is 0 Å². The number of urea groups is 1. The Morgan fingerprint density at radius 3 is 2.58 bits per heavy atom. The molecule has 0 radical (unpaired) electrons. The fourth-order valence-electron chi connectivity index (χ4n) is 3.81. The second-order valence-electron chi connectivity index (χ2n) is 6.59. The summed E-state index contributed by atoms with van der Waals surface area (Å²) in [4.78, 5) is 18.1. The van der Waals surface area contributed by atoms with Crippen molar-refractivity contribution in [2.24, 2.45) is 5.92 Å². The highest BCUT2D eigenvalue weighted by Gasteiger charge is 2.47. The molecule has 0 spiro atoms. The van der Waals surface area contributed by atoms with Crippen LogP contribution >= 0.6 is 0 Å². The number of hydrogen-bond donors (Lipinski definition) is 2. The molecule has 2 heterocycles. The van der Waals surface area contributed by atoms with E-state index in [0.29, 0.717) is 31.6 Å². The molecule has 1 saturated carbocycles. The van der Waals surface area contributed by atoms with Crippen molar-refractivity contribution in [2.45, 2.75) is 63.2 Å². The highest BCUT2D eigenvalue weighted by Crippen LogP contribution is 2.36. The van der Waals surface area contributed by atoms with Crippen LogP contribution in [0.4, 0.5) is 18.0 Å². The molecule has 2 fully saturated rings. The number of nitrogens with one attached hydrogen (secondary N) is 2. The first-order chi connectivity index (χ1) is 11.5. The highest BCUT2D eigenvalue weighted by atomic mass is 19.4. The van der Waals surface area contributed by atoms with Crippen LogP contribution in [0.25, 0.3) is 0 Å². The molecule has 134 valence electrons.